The normalized spacial score (nSPS) is 11.8. The van der Waals surface area contributed by atoms with Crippen molar-refractivity contribution < 1.29 is 14.7 Å². The van der Waals surface area contributed by atoms with Gasteiger partial charge in [-0.15, -0.1) is 11.8 Å². The van der Waals surface area contributed by atoms with E-state index in [4.69, 9.17) is 5.11 Å². The number of carboxylic acids is 1. The van der Waals surface area contributed by atoms with Gasteiger partial charge in [0.15, 0.2) is 0 Å². The Bertz CT molecular complexity index is 364. The molecule has 0 heterocycles. The minimum atomic E-state index is -0.937. The Balaban J connectivity index is 2.82. The molecule has 0 aromatic heterocycles. The summed E-state index contributed by atoms with van der Waals surface area (Å²) in [6.07, 6.45) is 2.38. The maximum atomic E-state index is 10.6. The highest BCUT2D eigenvalue weighted by molar-refractivity contribution is 7.98. The monoisotopic (exact) mass is 239 g/mol. The molecule has 4 nitrogen and oxygen atoms in total. The van der Waals surface area contributed by atoms with Crippen LogP contribution >= 0.6 is 11.8 Å². The van der Waals surface area contributed by atoms with E-state index in [9.17, 15) is 9.59 Å². The number of aliphatic carboxylic acids is 1. The van der Waals surface area contributed by atoms with Crippen molar-refractivity contribution in [1.82, 2.24) is 5.32 Å². The number of rotatable bonds is 6. The lowest BCUT2D eigenvalue weighted by atomic mass is 10.0. The van der Waals surface area contributed by atoms with Crippen molar-refractivity contribution in [3.8, 4) is 0 Å². The lowest BCUT2D eigenvalue weighted by Crippen LogP contribution is -2.22. The zero-order valence-corrected chi connectivity index (χ0v) is 9.66. The van der Waals surface area contributed by atoms with Crippen molar-refractivity contribution in [2.24, 2.45) is 0 Å². The molecule has 0 aliphatic rings. The Morgan fingerprint density at radius 2 is 2.12 bits per heavy atom. The van der Waals surface area contributed by atoms with E-state index in [1.54, 1.807) is 11.8 Å². The average molecular weight is 239 g/mol. The van der Waals surface area contributed by atoms with E-state index in [0.29, 0.717) is 6.41 Å². The molecule has 1 rings (SSSR count). The molecule has 0 fully saturated rings. The molecule has 16 heavy (non-hydrogen) atoms. The third kappa shape index (κ3) is 3.58. The van der Waals surface area contributed by atoms with Crippen LogP contribution in [0.2, 0.25) is 0 Å². The standard InChI is InChI=1S/C11H13NO3S/c1-16-9-4-2-8(3-5-9)10(12-7-13)6-11(14)15/h2-5,7,10H,6H2,1H3,(H,12,13)(H,14,15)/t10-/m1/s1. The summed E-state index contributed by atoms with van der Waals surface area (Å²) in [5.74, 6) is -0.937. The largest absolute Gasteiger partial charge is 0.481 e. The lowest BCUT2D eigenvalue weighted by Gasteiger charge is -2.14. The van der Waals surface area contributed by atoms with Gasteiger partial charge in [-0.2, -0.15) is 0 Å². The van der Waals surface area contributed by atoms with Crippen LogP contribution in [0.3, 0.4) is 0 Å². The van der Waals surface area contributed by atoms with Crippen molar-refractivity contribution in [1.29, 1.82) is 0 Å². The third-order valence-corrected chi connectivity index (χ3v) is 2.91. The third-order valence-electron chi connectivity index (χ3n) is 2.17. The van der Waals surface area contributed by atoms with E-state index in [0.717, 1.165) is 10.5 Å². The second-order valence-electron chi connectivity index (χ2n) is 3.21. The van der Waals surface area contributed by atoms with Gasteiger partial charge in [0, 0.05) is 4.90 Å². The summed E-state index contributed by atoms with van der Waals surface area (Å²) in [5, 5.41) is 11.2. The SMILES string of the molecule is CSc1ccc([C@@H](CC(=O)O)NC=O)cc1. The Labute approximate surface area is 98.0 Å². The molecule has 1 amide bonds. The van der Waals surface area contributed by atoms with Crippen molar-refractivity contribution in [3.05, 3.63) is 29.8 Å². The van der Waals surface area contributed by atoms with Gasteiger partial charge < -0.3 is 10.4 Å². The van der Waals surface area contributed by atoms with Crippen molar-refractivity contribution in [2.75, 3.05) is 6.26 Å². The summed E-state index contributed by atoms with van der Waals surface area (Å²) in [6, 6.07) is 7.00. The van der Waals surface area contributed by atoms with Gasteiger partial charge in [-0.05, 0) is 24.0 Å². The summed E-state index contributed by atoms with van der Waals surface area (Å²) in [6.45, 7) is 0. The lowest BCUT2D eigenvalue weighted by molar-refractivity contribution is -0.137. The first-order valence-corrected chi connectivity index (χ1v) is 5.95. The van der Waals surface area contributed by atoms with E-state index >= 15 is 0 Å². The van der Waals surface area contributed by atoms with Crippen LogP contribution in [0.4, 0.5) is 0 Å². The van der Waals surface area contributed by atoms with Crippen molar-refractivity contribution in [3.63, 3.8) is 0 Å². The molecule has 0 saturated carbocycles. The van der Waals surface area contributed by atoms with Gasteiger partial charge in [0.2, 0.25) is 6.41 Å². The van der Waals surface area contributed by atoms with Crippen LogP contribution in [0.15, 0.2) is 29.2 Å². The van der Waals surface area contributed by atoms with Crippen molar-refractivity contribution >= 4 is 24.1 Å². The van der Waals surface area contributed by atoms with Crippen LogP contribution in [0.1, 0.15) is 18.0 Å². The summed E-state index contributed by atoms with van der Waals surface area (Å²) in [7, 11) is 0. The van der Waals surface area contributed by atoms with E-state index < -0.39 is 12.0 Å². The van der Waals surface area contributed by atoms with Crippen LogP contribution in [0.25, 0.3) is 0 Å². The number of carbonyl (C=O) groups is 2. The number of thioether (sulfide) groups is 1. The van der Waals surface area contributed by atoms with Gasteiger partial charge in [0.05, 0.1) is 12.5 Å². The number of benzene rings is 1. The van der Waals surface area contributed by atoms with Crippen LogP contribution in [-0.2, 0) is 9.59 Å². The highest BCUT2D eigenvalue weighted by atomic mass is 32.2. The first-order valence-electron chi connectivity index (χ1n) is 4.72. The van der Waals surface area contributed by atoms with Crippen LogP contribution in [0.5, 0.6) is 0 Å². The summed E-state index contributed by atoms with van der Waals surface area (Å²) >= 11 is 1.61. The maximum Gasteiger partial charge on any atom is 0.305 e. The molecule has 0 spiro atoms. The fraction of sp³-hybridized carbons (Fsp3) is 0.273. The van der Waals surface area contributed by atoms with Gasteiger partial charge in [0.1, 0.15) is 0 Å². The van der Waals surface area contributed by atoms with Crippen molar-refractivity contribution in [2.45, 2.75) is 17.4 Å². The average Bonchev–Trinajstić information content (AvgIpc) is 2.28. The zero-order valence-electron chi connectivity index (χ0n) is 8.84. The Hall–Kier alpha value is -1.49. The van der Waals surface area contributed by atoms with E-state index in [1.165, 1.54) is 0 Å². The van der Waals surface area contributed by atoms with E-state index in [1.807, 2.05) is 30.5 Å². The second kappa shape index (κ2) is 6.17. The Morgan fingerprint density at radius 1 is 1.50 bits per heavy atom. The molecule has 0 aliphatic heterocycles. The second-order valence-corrected chi connectivity index (χ2v) is 4.09. The van der Waals surface area contributed by atoms with Crippen LogP contribution < -0.4 is 5.32 Å². The molecule has 5 heteroatoms. The van der Waals surface area contributed by atoms with Gasteiger partial charge in [-0.25, -0.2) is 0 Å². The molecule has 0 radical (unpaired) electrons. The predicted octanol–water partition coefficient (Wildman–Crippen LogP) is 1.67. The highest BCUT2D eigenvalue weighted by Crippen LogP contribution is 2.20. The van der Waals surface area contributed by atoms with Crippen LogP contribution in [-0.4, -0.2) is 23.7 Å². The predicted molar refractivity (Wildman–Crippen MR) is 62.4 cm³/mol. The molecule has 0 saturated heterocycles. The number of carboxylic acid groups (broad SMARTS) is 1. The smallest absolute Gasteiger partial charge is 0.305 e. The zero-order chi connectivity index (χ0) is 12.0. The molecule has 1 aromatic rings. The van der Waals surface area contributed by atoms with Gasteiger partial charge in [-0.1, -0.05) is 12.1 Å². The quantitative estimate of drug-likeness (QED) is 0.585. The molecule has 86 valence electrons. The summed E-state index contributed by atoms with van der Waals surface area (Å²) in [4.78, 5) is 22.1. The summed E-state index contributed by atoms with van der Waals surface area (Å²) < 4.78 is 0. The minimum absolute atomic E-state index is 0.114. The topological polar surface area (TPSA) is 66.4 Å². The maximum absolute atomic E-state index is 10.6. The molecular formula is C11H13NO3S. The Morgan fingerprint density at radius 3 is 2.56 bits per heavy atom. The van der Waals surface area contributed by atoms with E-state index in [-0.39, 0.29) is 6.42 Å². The fourth-order valence-corrected chi connectivity index (χ4v) is 1.77. The first kappa shape index (κ1) is 12.6. The molecule has 0 bridgehead atoms. The molecule has 0 unspecified atom stereocenters. The summed E-state index contributed by atoms with van der Waals surface area (Å²) in [5.41, 5.74) is 0.798. The fourth-order valence-electron chi connectivity index (χ4n) is 1.37. The molecular weight excluding hydrogens is 226 g/mol. The molecule has 1 atom stereocenters. The number of nitrogens with one attached hydrogen (secondary N) is 1. The van der Waals surface area contributed by atoms with Crippen LogP contribution in [0, 0.1) is 0 Å². The molecule has 2 N–H and O–H groups in total. The molecule has 0 aliphatic carbocycles. The molecule has 1 aromatic carbocycles. The number of amides is 1. The van der Waals surface area contributed by atoms with Gasteiger partial charge in [0.25, 0.3) is 0 Å². The van der Waals surface area contributed by atoms with Gasteiger partial charge in [-0.3, -0.25) is 9.59 Å². The highest BCUT2D eigenvalue weighted by Gasteiger charge is 2.14. The number of carbonyl (C=O) groups excluding carboxylic acids is 1. The van der Waals surface area contributed by atoms with E-state index in [2.05, 4.69) is 5.32 Å². The first-order chi connectivity index (χ1) is 7.67. The minimum Gasteiger partial charge on any atom is -0.481 e. The van der Waals surface area contributed by atoms with Gasteiger partial charge >= 0.3 is 5.97 Å². The number of hydrogen-bond acceptors (Lipinski definition) is 3. The Kier molecular flexibility index (Phi) is 4.85. The number of hydrogen-bond donors (Lipinski definition) is 2.